The van der Waals surface area contributed by atoms with Crippen LogP contribution in [0.5, 0.6) is 11.5 Å². The smallest absolute Gasteiger partial charge is 0.406 e. The zero-order valence-corrected chi connectivity index (χ0v) is 10.8. The van der Waals surface area contributed by atoms with E-state index in [4.69, 9.17) is 4.74 Å². The molecule has 7 heteroatoms. The molecule has 2 rings (SSSR count). The molecule has 0 saturated heterocycles. The van der Waals surface area contributed by atoms with Gasteiger partial charge in [0.1, 0.15) is 6.54 Å². The molecular weight excluding hydrogens is 275 g/mol. The number of amides is 1. The third-order valence-electron chi connectivity index (χ3n) is 3.02. The molecule has 110 valence electrons. The zero-order chi connectivity index (χ0) is 14.9. The average molecular weight is 289 g/mol. The van der Waals surface area contributed by atoms with E-state index in [2.05, 4.69) is 0 Å². The van der Waals surface area contributed by atoms with Crippen molar-refractivity contribution in [2.45, 2.75) is 25.1 Å². The molecular formula is C13H14F3NO3. The normalized spacial score (nSPS) is 15.0. The molecule has 0 unspecified atom stereocenters. The quantitative estimate of drug-likeness (QED) is 0.926. The molecule has 0 bridgehead atoms. The van der Waals surface area contributed by atoms with Crippen LogP contribution in [0.1, 0.15) is 23.2 Å². The molecule has 0 aromatic heterocycles. The number of carbonyl (C=O) groups is 1. The predicted octanol–water partition coefficient (Wildman–Crippen LogP) is 2.57. The van der Waals surface area contributed by atoms with Gasteiger partial charge in [0.2, 0.25) is 0 Å². The number of halogens is 3. The lowest BCUT2D eigenvalue weighted by molar-refractivity contribution is -0.141. The van der Waals surface area contributed by atoms with E-state index < -0.39 is 18.6 Å². The molecule has 1 fully saturated rings. The summed E-state index contributed by atoms with van der Waals surface area (Å²) in [6, 6.07) is 3.44. The molecule has 1 saturated carbocycles. The van der Waals surface area contributed by atoms with E-state index in [0.717, 1.165) is 11.0 Å². The van der Waals surface area contributed by atoms with E-state index in [1.807, 2.05) is 0 Å². The summed E-state index contributed by atoms with van der Waals surface area (Å²) < 4.78 is 42.3. The number of hydrogen-bond donors (Lipinski definition) is 1. The maximum Gasteiger partial charge on any atom is 0.406 e. The molecule has 0 spiro atoms. The number of carbonyl (C=O) groups excluding carboxylic acids is 1. The van der Waals surface area contributed by atoms with Crippen molar-refractivity contribution >= 4 is 5.91 Å². The Morgan fingerprint density at radius 3 is 2.55 bits per heavy atom. The number of nitrogens with zero attached hydrogens (tertiary/aromatic N) is 1. The number of benzene rings is 1. The Morgan fingerprint density at radius 1 is 1.45 bits per heavy atom. The minimum absolute atomic E-state index is 0.0134. The van der Waals surface area contributed by atoms with Crippen LogP contribution in [0.3, 0.4) is 0 Å². The van der Waals surface area contributed by atoms with Gasteiger partial charge in [-0.05, 0) is 31.0 Å². The van der Waals surface area contributed by atoms with Crippen LogP contribution < -0.4 is 4.74 Å². The number of phenolic OH excluding ortho intramolecular Hbond substituents is 1. The fourth-order valence-electron chi connectivity index (χ4n) is 1.93. The van der Waals surface area contributed by atoms with Crippen LogP contribution in [0, 0.1) is 0 Å². The van der Waals surface area contributed by atoms with Gasteiger partial charge in [-0.15, -0.1) is 0 Å². The lowest BCUT2D eigenvalue weighted by Gasteiger charge is -2.24. The standard InChI is InChI=1S/C13H14F3NO3/c1-20-11-5-2-8(6-10(11)18)12(19)17(9-3-4-9)7-13(14,15)16/h2,5-6,9,18H,3-4,7H2,1H3. The monoisotopic (exact) mass is 289 g/mol. The topological polar surface area (TPSA) is 49.8 Å². The summed E-state index contributed by atoms with van der Waals surface area (Å²) in [7, 11) is 1.34. The lowest BCUT2D eigenvalue weighted by Crippen LogP contribution is -2.40. The fraction of sp³-hybridized carbons (Fsp3) is 0.462. The molecule has 0 aliphatic heterocycles. The van der Waals surface area contributed by atoms with Crippen LogP contribution in [0.15, 0.2) is 18.2 Å². The summed E-state index contributed by atoms with van der Waals surface area (Å²) in [6.45, 7) is -1.27. The largest absolute Gasteiger partial charge is 0.504 e. The molecule has 20 heavy (non-hydrogen) atoms. The summed E-state index contributed by atoms with van der Waals surface area (Å²) >= 11 is 0. The first kappa shape index (κ1) is 14.5. The molecule has 0 radical (unpaired) electrons. The Hall–Kier alpha value is -1.92. The molecule has 0 atom stereocenters. The van der Waals surface area contributed by atoms with Crippen LogP contribution in [-0.4, -0.2) is 41.8 Å². The van der Waals surface area contributed by atoms with Crippen molar-refractivity contribution in [1.82, 2.24) is 4.90 Å². The second kappa shape index (κ2) is 5.22. The number of rotatable bonds is 4. The molecule has 1 amide bonds. The maximum absolute atomic E-state index is 12.5. The molecule has 1 N–H and O–H groups in total. The minimum atomic E-state index is -4.44. The van der Waals surface area contributed by atoms with Gasteiger partial charge >= 0.3 is 6.18 Å². The van der Waals surface area contributed by atoms with Gasteiger partial charge in [-0.25, -0.2) is 0 Å². The van der Waals surface area contributed by atoms with Gasteiger partial charge < -0.3 is 14.7 Å². The van der Waals surface area contributed by atoms with Crippen molar-refractivity contribution < 1.29 is 27.8 Å². The van der Waals surface area contributed by atoms with Crippen molar-refractivity contribution in [1.29, 1.82) is 0 Å². The van der Waals surface area contributed by atoms with E-state index >= 15 is 0 Å². The van der Waals surface area contributed by atoms with Crippen LogP contribution in [0.4, 0.5) is 13.2 Å². The Kier molecular flexibility index (Phi) is 3.78. The highest BCUT2D eigenvalue weighted by Gasteiger charge is 2.40. The number of alkyl halides is 3. The second-order valence-electron chi connectivity index (χ2n) is 4.67. The van der Waals surface area contributed by atoms with Crippen LogP contribution >= 0.6 is 0 Å². The Labute approximate surface area is 113 Å². The molecule has 1 aromatic rings. The van der Waals surface area contributed by atoms with Crippen molar-refractivity contribution in [3.05, 3.63) is 23.8 Å². The fourth-order valence-corrected chi connectivity index (χ4v) is 1.93. The SMILES string of the molecule is COc1ccc(C(=O)N(CC(F)(F)F)C2CC2)cc1O. The first-order chi connectivity index (χ1) is 9.31. The van der Waals surface area contributed by atoms with Gasteiger partial charge in [-0.1, -0.05) is 0 Å². The van der Waals surface area contributed by atoms with Crippen molar-refractivity contribution in [2.24, 2.45) is 0 Å². The highest BCUT2D eigenvalue weighted by molar-refractivity contribution is 5.95. The number of hydrogen-bond acceptors (Lipinski definition) is 3. The zero-order valence-electron chi connectivity index (χ0n) is 10.8. The molecule has 4 nitrogen and oxygen atoms in total. The van der Waals surface area contributed by atoms with E-state index in [1.54, 1.807) is 0 Å². The third kappa shape index (κ3) is 3.34. The van der Waals surface area contributed by atoms with Gasteiger partial charge in [0, 0.05) is 11.6 Å². The van der Waals surface area contributed by atoms with Crippen molar-refractivity contribution in [3.8, 4) is 11.5 Å². The van der Waals surface area contributed by atoms with E-state index in [9.17, 15) is 23.1 Å². The molecule has 1 aromatic carbocycles. The summed E-state index contributed by atoms with van der Waals surface area (Å²) in [5.41, 5.74) is 0.0134. The molecule has 1 aliphatic rings. The average Bonchev–Trinajstić information content (AvgIpc) is 3.18. The second-order valence-corrected chi connectivity index (χ2v) is 4.67. The lowest BCUT2D eigenvalue weighted by atomic mass is 10.1. The first-order valence-electron chi connectivity index (χ1n) is 6.06. The van der Waals surface area contributed by atoms with E-state index in [0.29, 0.717) is 12.8 Å². The maximum atomic E-state index is 12.5. The predicted molar refractivity (Wildman–Crippen MR) is 64.8 cm³/mol. The summed E-state index contributed by atoms with van der Waals surface area (Å²) in [5, 5.41) is 9.59. The Morgan fingerprint density at radius 2 is 2.10 bits per heavy atom. The van der Waals surface area contributed by atoms with Gasteiger partial charge in [-0.3, -0.25) is 4.79 Å². The van der Waals surface area contributed by atoms with Crippen molar-refractivity contribution in [2.75, 3.05) is 13.7 Å². The number of aromatic hydroxyl groups is 1. The minimum Gasteiger partial charge on any atom is -0.504 e. The van der Waals surface area contributed by atoms with E-state index in [-0.39, 0.29) is 23.1 Å². The molecule has 1 aliphatic carbocycles. The van der Waals surface area contributed by atoms with Crippen LogP contribution in [0.25, 0.3) is 0 Å². The Balaban J connectivity index is 2.21. The summed E-state index contributed by atoms with van der Waals surface area (Å²) in [4.78, 5) is 12.9. The van der Waals surface area contributed by atoms with E-state index in [1.165, 1.54) is 19.2 Å². The van der Waals surface area contributed by atoms with Gasteiger partial charge in [0.25, 0.3) is 5.91 Å². The third-order valence-corrected chi connectivity index (χ3v) is 3.02. The highest BCUT2D eigenvalue weighted by Crippen LogP contribution is 2.33. The van der Waals surface area contributed by atoms with Gasteiger partial charge in [0.15, 0.2) is 11.5 Å². The highest BCUT2D eigenvalue weighted by atomic mass is 19.4. The van der Waals surface area contributed by atoms with Crippen LogP contribution in [0.2, 0.25) is 0 Å². The molecule has 0 heterocycles. The number of phenols is 1. The van der Waals surface area contributed by atoms with Crippen LogP contribution in [-0.2, 0) is 0 Å². The Bertz CT molecular complexity index is 512. The van der Waals surface area contributed by atoms with Crippen molar-refractivity contribution in [3.63, 3.8) is 0 Å². The first-order valence-corrected chi connectivity index (χ1v) is 6.06. The number of methoxy groups -OCH3 is 1. The summed E-state index contributed by atoms with van der Waals surface area (Å²) in [6.07, 6.45) is -3.29. The van der Waals surface area contributed by atoms with Gasteiger partial charge in [0.05, 0.1) is 7.11 Å². The number of ether oxygens (including phenoxy) is 1. The van der Waals surface area contributed by atoms with Gasteiger partial charge in [-0.2, -0.15) is 13.2 Å². The summed E-state index contributed by atoms with van der Waals surface area (Å²) in [5.74, 6) is -0.848.